The third-order valence-corrected chi connectivity index (χ3v) is 2.86. The highest BCUT2D eigenvalue weighted by molar-refractivity contribution is 5.01. The highest BCUT2D eigenvalue weighted by Gasteiger charge is 2.15. The van der Waals surface area contributed by atoms with Gasteiger partial charge in [0, 0.05) is 18.7 Å². The predicted octanol–water partition coefficient (Wildman–Crippen LogP) is 2.57. The number of hydrogen-bond donors (Lipinski definition) is 1. The first kappa shape index (κ1) is 15.2. The van der Waals surface area contributed by atoms with E-state index in [0.717, 1.165) is 12.1 Å². The molecule has 1 heterocycles. The molecule has 0 aliphatic heterocycles. The van der Waals surface area contributed by atoms with Crippen molar-refractivity contribution >= 4 is 0 Å². The number of aromatic nitrogens is 2. The summed E-state index contributed by atoms with van der Waals surface area (Å²) in [6.45, 7) is 10.6. The third-order valence-electron chi connectivity index (χ3n) is 2.86. The SMILES string of the molecule is CCC(C)n1ccc(CC(O)COC(C)(C)C)n1. The summed E-state index contributed by atoms with van der Waals surface area (Å²) in [5, 5.41) is 14.4. The van der Waals surface area contributed by atoms with Gasteiger partial charge in [-0.2, -0.15) is 5.10 Å². The smallest absolute Gasteiger partial charge is 0.0829 e. The van der Waals surface area contributed by atoms with Crippen LogP contribution in [0.5, 0.6) is 0 Å². The van der Waals surface area contributed by atoms with Crippen molar-refractivity contribution in [2.75, 3.05) is 6.61 Å². The molecular formula is C14H26N2O2. The van der Waals surface area contributed by atoms with Crippen LogP contribution in [0.1, 0.15) is 52.8 Å². The van der Waals surface area contributed by atoms with E-state index in [1.54, 1.807) is 0 Å². The molecule has 1 aromatic heterocycles. The number of aliphatic hydroxyl groups excluding tert-OH is 1. The molecule has 104 valence electrons. The minimum Gasteiger partial charge on any atom is -0.390 e. The van der Waals surface area contributed by atoms with Crippen LogP contribution in [0.4, 0.5) is 0 Å². The average molecular weight is 254 g/mol. The van der Waals surface area contributed by atoms with Crippen molar-refractivity contribution in [1.29, 1.82) is 0 Å². The summed E-state index contributed by atoms with van der Waals surface area (Å²) in [6, 6.07) is 2.37. The van der Waals surface area contributed by atoms with E-state index < -0.39 is 6.10 Å². The average Bonchev–Trinajstić information content (AvgIpc) is 2.73. The van der Waals surface area contributed by atoms with E-state index in [0.29, 0.717) is 19.1 Å². The minimum absolute atomic E-state index is 0.211. The summed E-state index contributed by atoms with van der Waals surface area (Å²) in [5.41, 5.74) is 0.706. The predicted molar refractivity (Wildman–Crippen MR) is 72.6 cm³/mol. The summed E-state index contributed by atoms with van der Waals surface area (Å²) >= 11 is 0. The Balaban J connectivity index is 2.44. The van der Waals surface area contributed by atoms with E-state index in [1.807, 2.05) is 37.7 Å². The van der Waals surface area contributed by atoms with Gasteiger partial charge in [0.2, 0.25) is 0 Å². The van der Waals surface area contributed by atoms with Gasteiger partial charge in [0.1, 0.15) is 0 Å². The zero-order valence-corrected chi connectivity index (χ0v) is 12.2. The van der Waals surface area contributed by atoms with Gasteiger partial charge in [0.25, 0.3) is 0 Å². The molecule has 0 radical (unpaired) electrons. The summed E-state index contributed by atoms with van der Waals surface area (Å²) in [7, 11) is 0. The topological polar surface area (TPSA) is 47.3 Å². The van der Waals surface area contributed by atoms with E-state index in [9.17, 15) is 5.11 Å². The maximum absolute atomic E-state index is 9.90. The van der Waals surface area contributed by atoms with E-state index in [4.69, 9.17) is 4.74 Å². The van der Waals surface area contributed by atoms with Crippen LogP contribution in [-0.2, 0) is 11.2 Å². The lowest BCUT2D eigenvalue weighted by Crippen LogP contribution is -2.27. The molecule has 1 rings (SSSR count). The molecule has 0 aliphatic carbocycles. The minimum atomic E-state index is -0.496. The monoisotopic (exact) mass is 254 g/mol. The molecule has 1 N–H and O–H groups in total. The first-order valence-electron chi connectivity index (χ1n) is 6.68. The molecule has 2 unspecified atom stereocenters. The van der Waals surface area contributed by atoms with Gasteiger partial charge in [0.15, 0.2) is 0 Å². The maximum atomic E-state index is 9.90. The Labute approximate surface area is 110 Å². The van der Waals surface area contributed by atoms with Crippen LogP contribution in [0.25, 0.3) is 0 Å². The molecule has 0 amide bonds. The summed E-state index contributed by atoms with van der Waals surface area (Å²) < 4.78 is 7.51. The highest BCUT2D eigenvalue weighted by atomic mass is 16.5. The molecular weight excluding hydrogens is 228 g/mol. The van der Waals surface area contributed by atoms with E-state index in [1.165, 1.54) is 0 Å². The molecule has 2 atom stereocenters. The molecule has 0 bridgehead atoms. The van der Waals surface area contributed by atoms with E-state index in [2.05, 4.69) is 18.9 Å². The zero-order chi connectivity index (χ0) is 13.8. The Bertz CT molecular complexity index is 355. The van der Waals surface area contributed by atoms with Gasteiger partial charge < -0.3 is 9.84 Å². The number of aliphatic hydroxyl groups is 1. The lowest BCUT2D eigenvalue weighted by Gasteiger charge is -2.21. The molecule has 1 aromatic rings. The number of rotatable bonds is 6. The molecule has 0 fully saturated rings. The highest BCUT2D eigenvalue weighted by Crippen LogP contribution is 2.12. The van der Waals surface area contributed by atoms with Crippen LogP contribution in [0.15, 0.2) is 12.3 Å². The van der Waals surface area contributed by atoms with Crippen molar-refractivity contribution in [1.82, 2.24) is 9.78 Å². The van der Waals surface area contributed by atoms with Crippen molar-refractivity contribution in [2.24, 2.45) is 0 Å². The first-order chi connectivity index (χ1) is 8.31. The van der Waals surface area contributed by atoms with Crippen LogP contribution in [-0.4, -0.2) is 33.2 Å². The Kier molecular flexibility index (Phi) is 5.35. The summed E-state index contributed by atoms with van der Waals surface area (Å²) in [4.78, 5) is 0. The Morgan fingerprint density at radius 2 is 2.11 bits per heavy atom. The lowest BCUT2D eigenvalue weighted by molar-refractivity contribution is -0.0484. The molecule has 4 heteroatoms. The molecule has 18 heavy (non-hydrogen) atoms. The quantitative estimate of drug-likeness (QED) is 0.848. The van der Waals surface area contributed by atoms with Crippen molar-refractivity contribution in [3.8, 4) is 0 Å². The van der Waals surface area contributed by atoms with Crippen molar-refractivity contribution in [2.45, 2.75) is 65.2 Å². The summed E-state index contributed by atoms with van der Waals surface area (Å²) in [6.07, 6.45) is 3.07. The van der Waals surface area contributed by atoms with Crippen LogP contribution in [0.3, 0.4) is 0 Å². The fourth-order valence-electron chi connectivity index (χ4n) is 1.57. The van der Waals surface area contributed by atoms with Gasteiger partial charge in [-0.1, -0.05) is 6.92 Å². The van der Waals surface area contributed by atoms with Crippen molar-refractivity contribution in [3.05, 3.63) is 18.0 Å². The fourth-order valence-corrected chi connectivity index (χ4v) is 1.57. The van der Waals surface area contributed by atoms with Gasteiger partial charge in [-0.15, -0.1) is 0 Å². The maximum Gasteiger partial charge on any atom is 0.0829 e. The zero-order valence-electron chi connectivity index (χ0n) is 12.2. The second-order valence-electron chi connectivity index (χ2n) is 5.83. The van der Waals surface area contributed by atoms with Crippen LogP contribution in [0, 0.1) is 0 Å². The standard InChI is InChI=1S/C14H26N2O2/c1-6-11(2)16-8-7-12(15-16)9-13(17)10-18-14(3,4)5/h7-8,11,13,17H,6,9-10H2,1-5H3. The van der Waals surface area contributed by atoms with Crippen LogP contribution < -0.4 is 0 Å². The number of ether oxygens (including phenoxy) is 1. The van der Waals surface area contributed by atoms with Crippen molar-refractivity contribution < 1.29 is 9.84 Å². The molecule has 0 saturated heterocycles. The number of hydrogen-bond acceptors (Lipinski definition) is 3. The van der Waals surface area contributed by atoms with Crippen LogP contribution >= 0.6 is 0 Å². The second-order valence-corrected chi connectivity index (χ2v) is 5.83. The summed E-state index contributed by atoms with van der Waals surface area (Å²) in [5.74, 6) is 0. The molecule has 0 aromatic carbocycles. The first-order valence-corrected chi connectivity index (χ1v) is 6.68. The normalized spacial score (nSPS) is 15.7. The Morgan fingerprint density at radius 1 is 1.44 bits per heavy atom. The second kappa shape index (κ2) is 6.34. The van der Waals surface area contributed by atoms with Gasteiger partial charge in [-0.05, 0) is 40.2 Å². The Morgan fingerprint density at radius 3 is 2.67 bits per heavy atom. The lowest BCUT2D eigenvalue weighted by atomic mass is 10.1. The van der Waals surface area contributed by atoms with Gasteiger partial charge in [0.05, 0.1) is 24.0 Å². The fraction of sp³-hybridized carbons (Fsp3) is 0.786. The van der Waals surface area contributed by atoms with Gasteiger partial charge in [-0.25, -0.2) is 0 Å². The van der Waals surface area contributed by atoms with E-state index in [-0.39, 0.29) is 5.60 Å². The van der Waals surface area contributed by atoms with Crippen molar-refractivity contribution in [3.63, 3.8) is 0 Å². The third kappa shape index (κ3) is 5.19. The molecule has 4 nitrogen and oxygen atoms in total. The number of nitrogens with zero attached hydrogens (tertiary/aromatic N) is 2. The van der Waals surface area contributed by atoms with Gasteiger partial charge >= 0.3 is 0 Å². The van der Waals surface area contributed by atoms with Gasteiger partial charge in [-0.3, -0.25) is 4.68 Å². The molecule has 0 aliphatic rings. The Hall–Kier alpha value is -0.870. The van der Waals surface area contributed by atoms with E-state index >= 15 is 0 Å². The largest absolute Gasteiger partial charge is 0.390 e. The molecule has 0 saturated carbocycles. The van der Waals surface area contributed by atoms with Crippen LogP contribution in [0.2, 0.25) is 0 Å². The molecule has 0 spiro atoms.